The summed E-state index contributed by atoms with van der Waals surface area (Å²) < 4.78 is 12.9. The molecule has 33 heavy (non-hydrogen) atoms. The van der Waals surface area contributed by atoms with Crippen molar-refractivity contribution in [2.45, 2.75) is 46.3 Å². The summed E-state index contributed by atoms with van der Waals surface area (Å²) in [6, 6.07) is 10.8. The predicted molar refractivity (Wildman–Crippen MR) is 130 cm³/mol. The first-order valence-electron chi connectivity index (χ1n) is 11.1. The second kappa shape index (κ2) is 8.98. The minimum atomic E-state index is -0.479. The molecule has 0 spiro atoms. The van der Waals surface area contributed by atoms with Crippen LogP contribution in [0.3, 0.4) is 0 Å². The number of hydrogen-bond acceptors (Lipinski definition) is 5. The van der Waals surface area contributed by atoms with Gasteiger partial charge < -0.3 is 14.4 Å². The Morgan fingerprint density at radius 1 is 1.12 bits per heavy atom. The van der Waals surface area contributed by atoms with Gasteiger partial charge in [0.15, 0.2) is 0 Å². The number of ether oxygens (including phenoxy) is 2. The minimum Gasteiger partial charge on any atom is -0.444 e. The predicted octanol–water partition coefficient (Wildman–Crippen LogP) is 5.33. The number of benzene rings is 1. The first-order valence-corrected chi connectivity index (χ1v) is 11.1. The van der Waals surface area contributed by atoms with E-state index in [-0.39, 0.29) is 13.5 Å². The van der Waals surface area contributed by atoms with E-state index in [0.717, 1.165) is 34.1 Å². The lowest BCUT2D eigenvalue weighted by Gasteiger charge is -2.29. The number of rotatable bonds is 3. The molecule has 1 amide bonds. The monoisotopic (exact) mass is 448 g/mol. The molecule has 1 fully saturated rings. The van der Waals surface area contributed by atoms with Crippen LogP contribution in [0.1, 0.15) is 46.2 Å². The topological polar surface area (TPSA) is 69.5 Å². The molecule has 0 radical (unpaired) electrons. The Morgan fingerprint density at radius 3 is 2.52 bits per heavy atom. The maximum Gasteiger partial charge on any atom is 0.410 e. The molecular formula is C26H32N4O3. The summed E-state index contributed by atoms with van der Waals surface area (Å²) in [6.45, 7) is 8.29. The van der Waals surface area contributed by atoms with Crippen LogP contribution < -0.4 is 0 Å². The molecule has 3 aromatic rings. The molecule has 2 aromatic heterocycles. The first kappa shape index (κ1) is 23.0. The van der Waals surface area contributed by atoms with E-state index in [9.17, 15) is 4.79 Å². The molecule has 2 aliphatic heterocycles. The fourth-order valence-electron chi connectivity index (χ4n) is 4.03. The molecule has 1 saturated heterocycles. The van der Waals surface area contributed by atoms with Gasteiger partial charge in [0.25, 0.3) is 0 Å². The van der Waals surface area contributed by atoms with Gasteiger partial charge in [-0.1, -0.05) is 31.7 Å². The van der Waals surface area contributed by atoms with E-state index in [1.165, 1.54) is 5.57 Å². The lowest BCUT2D eigenvalue weighted by molar-refractivity contribution is -0.0266. The van der Waals surface area contributed by atoms with E-state index in [0.29, 0.717) is 32.3 Å². The SMILES string of the molecule is C.CC(C)(C)OC(=O)N1CC=C(c2ccc(-c3ccc4cnn(C5COC5)c4c3)nc2)CC1. The number of nitrogens with zero attached hydrogens (tertiary/aromatic N) is 4. The van der Waals surface area contributed by atoms with Crippen molar-refractivity contribution in [2.24, 2.45) is 0 Å². The fraction of sp³-hybridized carbons (Fsp3) is 0.423. The molecule has 0 atom stereocenters. The lowest BCUT2D eigenvalue weighted by Crippen LogP contribution is -2.39. The first-order chi connectivity index (χ1) is 15.4. The molecule has 1 aromatic carbocycles. The molecule has 0 saturated carbocycles. The van der Waals surface area contributed by atoms with Crippen molar-refractivity contribution in [3.63, 3.8) is 0 Å². The number of fused-ring (bicyclic) bond motifs is 1. The largest absolute Gasteiger partial charge is 0.444 e. The lowest BCUT2D eigenvalue weighted by atomic mass is 10.00. The maximum absolute atomic E-state index is 12.3. The molecule has 7 heteroatoms. The maximum atomic E-state index is 12.3. The highest BCUT2D eigenvalue weighted by atomic mass is 16.6. The average molecular weight is 449 g/mol. The van der Waals surface area contributed by atoms with E-state index < -0.39 is 5.60 Å². The van der Waals surface area contributed by atoms with Gasteiger partial charge in [0.1, 0.15) is 5.60 Å². The molecule has 2 aliphatic rings. The van der Waals surface area contributed by atoms with Crippen LogP contribution in [0.15, 0.2) is 48.8 Å². The van der Waals surface area contributed by atoms with Crippen molar-refractivity contribution in [2.75, 3.05) is 26.3 Å². The standard InChI is InChI=1S/C25H28N4O3.CH4/c1-25(2,3)32-24(30)28-10-8-17(9-11-28)19-6-7-22(26-13-19)18-4-5-20-14-27-29(23(20)12-18)21-15-31-16-21;/h4-8,12-14,21H,9-11,15-16H2,1-3H3;1H4. The number of carbonyl (C=O) groups is 1. The summed E-state index contributed by atoms with van der Waals surface area (Å²) in [7, 11) is 0. The summed E-state index contributed by atoms with van der Waals surface area (Å²) >= 11 is 0. The Balaban J connectivity index is 0.00000259. The van der Waals surface area contributed by atoms with E-state index in [2.05, 4.69) is 46.2 Å². The van der Waals surface area contributed by atoms with Gasteiger partial charge in [0.2, 0.25) is 0 Å². The van der Waals surface area contributed by atoms with Crippen LogP contribution in [0.2, 0.25) is 0 Å². The second-order valence-electron chi connectivity index (χ2n) is 9.39. The second-order valence-corrected chi connectivity index (χ2v) is 9.39. The van der Waals surface area contributed by atoms with Crippen molar-refractivity contribution < 1.29 is 14.3 Å². The molecule has 0 bridgehead atoms. The Labute approximate surface area is 195 Å². The van der Waals surface area contributed by atoms with E-state index >= 15 is 0 Å². The summed E-state index contributed by atoms with van der Waals surface area (Å²) in [5, 5.41) is 5.66. The number of hydrogen-bond donors (Lipinski definition) is 0. The molecule has 4 heterocycles. The molecule has 0 N–H and O–H groups in total. The van der Waals surface area contributed by atoms with Crippen molar-refractivity contribution >= 4 is 22.6 Å². The molecule has 0 aliphatic carbocycles. The smallest absolute Gasteiger partial charge is 0.410 e. The minimum absolute atomic E-state index is 0. The Kier molecular flexibility index (Phi) is 6.26. The molecular weight excluding hydrogens is 416 g/mol. The normalized spacial score (nSPS) is 16.7. The zero-order valence-corrected chi connectivity index (χ0v) is 18.7. The van der Waals surface area contributed by atoms with Gasteiger partial charge in [-0.05, 0) is 50.5 Å². The van der Waals surface area contributed by atoms with Crippen LogP contribution in [0, 0.1) is 0 Å². The number of pyridine rings is 1. The summed E-state index contributed by atoms with van der Waals surface area (Å²) in [5.74, 6) is 0. The van der Waals surface area contributed by atoms with Gasteiger partial charge in [-0.15, -0.1) is 0 Å². The third-order valence-corrected chi connectivity index (χ3v) is 5.86. The highest BCUT2D eigenvalue weighted by molar-refractivity contribution is 5.84. The van der Waals surface area contributed by atoms with Crippen LogP contribution in [0.4, 0.5) is 4.79 Å². The van der Waals surface area contributed by atoms with Crippen LogP contribution >= 0.6 is 0 Å². The van der Waals surface area contributed by atoms with Gasteiger partial charge in [-0.25, -0.2) is 4.79 Å². The number of amides is 1. The van der Waals surface area contributed by atoms with Crippen molar-refractivity contribution in [1.29, 1.82) is 0 Å². The van der Waals surface area contributed by atoms with Crippen LogP contribution in [-0.4, -0.2) is 57.7 Å². The molecule has 174 valence electrons. The Morgan fingerprint density at radius 2 is 1.91 bits per heavy atom. The van der Waals surface area contributed by atoms with Gasteiger partial charge >= 0.3 is 6.09 Å². The van der Waals surface area contributed by atoms with Gasteiger partial charge in [0, 0.05) is 30.2 Å². The van der Waals surface area contributed by atoms with E-state index in [1.54, 1.807) is 4.90 Å². The average Bonchev–Trinajstić information content (AvgIpc) is 3.14. The van der Waals surface area contributed by atoms with Crippen LogP contribution in [0.25, 0.3) is 27.7 Å². The van der Waals surface area contributed by atoms with Crippen LogP contribution in [0.5, 0.6) is 0 Å². The number of aromatic nitrogens is 3. The summed E-state index contributed by atoms with van der Waals surface area (Å²) in [4.78, 5) is 18.7. The van der Waals surface area contributed by atoms with Gasteiger partial charge in [-0.3, -0.25) is 9.67 Å². The highest BCUT2D eigenvalue weighted by Crippen LogP contribution is 2.29. The Bertz CT molecular complexity index is 1170. The Hall–Kier alpha value is -3.19. The van der Waals surface area contributed by atoms with Crippen molar-refractivity contribution in [3.05, 3.63) is 54.4 Å². The number of carbonyl (C=O) groups excluding carboxylic acids is 1. The van der Waals surface area contributed by atoms with Gasteiger partial charge in [-0.2, -0.15) is 5.10 Å². The third-order valence-electron chi connectivity index (χ3n) is 5.86. The molecule has 0 unspecified atom stereocenters. The zero-order chi connectivity index (χ0) is 22.3. The third kappa shape index (κ3) is 4.78. The van der Waals surface area contributed by atoms with Gasteiger partial charge in [0.05, 0.1) is 36.7 Å². The van der Waals surface area contributed by atoms with E-state index in [1.807, 2.05) is 33.2 Å². The summed E-state index contributed by atoms with van der Waals surface area (Å²) in [6.07, 6.45) is 6.45. The zero-order valence-electron chi connectivity index (χ0n) is 18.7. The van der Waals surface area contributed by atoms with Crippen molar-refractivity contribution in [1.82, 2.24) is 19.7 Å². The fourth-order valence-corrected chi connectivity index (χ4v) is 4.03. The van der Waals surface area contributed by atoms with Crippen LogP contribution in [-0.2, 0) is 9.47 Å². The molecule has 7 nitrogen and oxygen atoms in total. The highest BCUT2D eigenvalue weighted by Gasteiger charge is 2.24. The van der Waals surface area contributed by atoms with Crippen molar-refractivity contribution in [3.8, 4) is 11.3 Å². The van der Waals surface area contributed by atoms with E-state index in [4.69, 9.17) is 14.5 Å². The molecule has 5 rings (SSSR count). The summed E-state index contributed by atoms with van der Waals surface area (Å²) in [5.41, 5.74) is 4.93. The quantitative estimate of drug-likeness (QED) is 0.542.